The number of hydrogen-bond acceptors (Lipinski definition) is 4. The van der Waals surface area contributed by atoms with E-state index in [-0.39, 0.29) is 5.60 Å². The van der Waals surface area contributed by atoms with Crippen molar-refractivity contribution in [2.75, 3.05) is 61.9 Å². The Bertz CT molecular complexity index is 348. The van der Waals surface area contributed by atoms with Gasteiger partial charge in [0, 0.05) is 0 Å². The first kappa shape index (κ1) is 29.1. The Morgan fingerprint density at radius 3 is 1.34 bits per heavy atom. The Kier molecular flexibility index (Phi) is 15.8. The van der Waals surface area contributed by atoms with Crippen molar-refractivity contribution < 1.29 is 4.43 Å². The van der Waals surface area contributed by atoms with Crippen molar-refractivity contribution in [2.45, 2.75) is 90.2 Å². The Labute approximate surface area is 186 Å². The zero-order valence-corrected chi connectivity index (χ0v) is 23.1. The second kappa shape index (κ2) is 15.8. The predicted molar refractivity (Wildman–Crippen MR) is 134 cm³/mol. The van der Waals surface area contributed by atoms with Gasteiger partial charge in [0.05, 0.1) is 5.60 Å². The molecule has 0 heterocycles. The molecule has 0 aliphatic carbocycles. The monoisotopic (exact) mass is 429 g/mol. The van der Waals surface area contributed by atoms with E-state index in [9.17, 15) is 0 Å². The van der Waals surface area contributed by atoms with Crippen LogP contribution in [0.5, 0.6) is 0 Å². The van der Waals surface area contributed by atoms with Crippen molar-refractivity contribution in [1.82, 2.24) is 14.7 Å². The molecule has 0 amide bonds. The summed E-state index contributed by atoms with van der Waals surface area (Å²) in [5.74, 6) is 0. The van der Waals surface area contributed by atoms with Gasteiger partial charge in [-0.05, 0) is 138 Å². The van der Waals surface area contributed by atoms with Gasteiger partial charge in [0.2, 0.25) is 0 Å². The highest BCUT2D eigenvalue weighted by atomic mass is 28.2. The molecule has 176 valence electrons. The molecule has 0 rings (SSSR count). The smallest absolute Gasteiger partial charge is 0.162 e. The molecule has 29 heavy (non-hydrogen) atoms. The third kappa shape index (κ3) is 14.7. The summed E-state index contributed by atoms with van der Waals surface area (Å²) in [5.41, 5.74) is 0.628. The summed E-state index contributed by atoms with van der Waals surface area (Å²) >= 11 is 0. The summed E-state index contributed by atoms with van der Waals surface area (Å²) in [5, 5.41) is 0. The van der Waals surface area contributed by atoms with Crippen molar-refractivity contribution >= 4 is 9.76 Å². The minimum Gasteiger partial charge on any atom is -0.419 e. The van der Waals surface area contributed by atoms with E-state index in [4.69, 9.17) is 4.43 Å². The molecule has 0 saturated heterocycles. The van der Waals surface area contributed by atoms with Gasteiger partial charge in [-0.25, -0.2) is 0 Å². The van der Waals surface area contributed by atoms with Crippen LogP contribution in [0.2, 0.25) is 6.04 Å². The molecule has 5 heteroatoms. The van der Waals surface area contributed by atoms with E-state index in [1.54, 1.807) is 0 Å². The lowest BCUT2D eigenvalue weighted by molar-refractivity contribution is 0.0830. The highest BCUT2D eigenvalue weighted by Gasteiger charge is 2.29. The molecule has 0 fully saturated rings. The van der Waals surface area contributed by atoms with Crippen LogP contribution in [0.4, 0.5) is 0 Å². The van der Waals surface area contributed by atoms with Gasteiger partial charge >= 0.3 is 0 Å². The molecule has 0 radical (unpaired) electrons. The first-order valence-electron chi connectivity index (χ1n) is 12.2. The standard InChI is InChI=1S/C24H55N3OSi/c1-10-23(3,11-2)28-29-22-18-24(15-12-19-25(4)5,16-13-20-26(6)7)17-14-21-27(8)9/h10-22,29H2,1-9H3. The Hall–Kier alpha value is 0.0569. The second-order valence-electron chi connectivity index (χ2n) is 10.3. The minimum absolute atomic E-state index is 0.121. The summed E-state index contributed by atoms with van der Waals surface area (Å²) in [4.78, 5) is 7.03. The van der Waals surface area contributed by atoms with Crippen LogP contribution >= 0.6 is 0 Å². The van der Waals surface area contributed by atoms with Crippen molar-refractivity contribution in [3.05, 3.63) is 0 Å². The molecular weight excluding hydrogens is 374 g/mol. The van der Waals surface area contributed by atoms with E-state index in [0.717, 1.165) is 12.8 Å². The molecule has 0 aromatic carbocycles. The van der Waals surface area contributed by atoms with Crippen LogP contribution in [0.25, 0.3) is 0 Å². The quantitative estimate of drug-likeness (QED) is 0.222. The molecule has 0 aromatic rings. The summed E-state index contributed by atoms with van der Waals surface area (Å²) in [6.07, 6.45) is 11.7. The van der Waals surface area contributed by atoms with E-state index in [1.807, 2.05) is 0 Å². The van der Waals surface area contributed by atoms with E-state index < -0.39 is 9.76 Å². The third-order valence-corrected chi connectivity index (χ3v) is 8.28. The van der Waals surface area contributed by atoms with Gasteiger partial charge in [-0.15, -0.1) is 0 Å². The number of nitrogens with zero attached hydrogens (tertiary/aromatic N) is 3. The summed E-state index contributed by atoms with van der Waals surface area (Å²) in [6, 6.07) is 1.33. The van der Waals surface area contributed by atoms with Crippen LogP contribution in [-0.4, -0.2) is 92.0 Å². The Morgan fingerprint density at radius 1 is 0.655 bits per heavy atom. The Balaban J connectivity index is 5.00. The maximum Gasteiger partial charge on any atom is 0.162 e. The van der Waals surface area contributed by atoms with E-state index in [2.05, 4.69) is 77.8 Å². The fraction of sp³-hybridized carbons (Fsp3) is 1.00. The third-order valence-electron chi connectivity index (χ3n) is 6.74. The number of rotatable bonds is 19. The first-order valence-corrected chi connectivity index (χ1v) is 13.7. The molecule has 0 N–H and O–H groups in total. The molecule has 4 nitrogen and oxygen atoms in total. The van der Waals surface area contributed by atoms with E-state index in [1.165, 1.54) is 70.6 Å². The van der Waals surface area contributed by atoms with Crippen LogP contribution in [0.15, 0.2) is 0 Å². The van der Waals surface area contributed by atoms with Crippen molar-refractivity contribution in [3.63, 3.8) is 0 Å². The van der Waals surface area contributed by atoms with Crippen LogP contribution in [-0.2, 0) is 4.43 Å². The van der Waals surface area contributed by atoms with Gasteiger partial charge in [0.25, 0.3) is 0 Å². The largest absolute Gasteiger partial charge is 0.419 e. The molecule has 0 spiro atoms. The van der Waals surface area contributed by atoms with Crippen molar-refractivity contribution in [2.24, 2.45) is 5.41 Å². The van der Waals surface area contributed by atoms with Crippen LogP contribution < -0.4 is 0 Å². The normalized spacial score (nSPS) is 13.7. The molecular formula is C24H55N3OSi. The summed E-state index contributed by atoms with van der Waals surface area (Å²) in [6.45, 7) is 10.5. The maximum absolute atomic E-state index is 6.47. The summed E-state index contributed by atoms with van der Waals surface area (Å²) in [7, 11) is 12.8. The van der Waals surface area contributed by atoms with Gasteiger partial charge in [-0.2, -0.15) is 0 Å². The van der Waals surface area contributed by atoms with Gasteiger partial charge in [0.1, 0.15) is 0 Å². The van der Waals surface area contributed by atoms with Gasteiger partial charge in [0.15, 0.2) is 9.76 Å². The van der Waals surface area contributed by atoms with Crippen molar-refractivity contribution in [1.29, 1.82) is 0 Å². The fourth-order valence-electron chi connectivity index (χ4n) is 4.28. The van der Waals surface area contributed by atoms with E-state index in [0.29, 0.717) is 5.41 Å². The van der Waals surface area contributed by atoms with Gasteiger partial charge in [-0.3, -0.25) is 0 Å². The molecule has 0 bridgehead atoms. The SMILES string of the molecule is CCC(C)(CC)O[SiH2]CCC(CCCN(C)C)(CCCN(C)C)CCCN(C)C. The maximum atomic E-state index is 6.47. The number of hydrogen-bond donors (Lipinski definition) is 0. The van der Waals surface area contributed by atoms with Crippen LogP contribution in [0.1, 0.15) is 78.6 Å². The first-order chi connectivity index (χ1) is 13.6. The minimum atomic E-state index is -0.443. The van der Waals surface area contributed by atoms with E-state index >= 15 is 0 Å². The molecule has 0 saturated carbocycles. The predicted octanol–water partition coefficient (Wildman–Crippen LogP) is 4.49. The fourth-order valence-corrected chi connectivity index (χ4v) is 6.22. The highest BCUT2D eigenvalue weighted by molar-refractivity contribution is 6.27. The average Bonchev–Trinajstić information content (AvgIpc) is 2.64. The lowest BCUT2D eigenvalue weighted by Crippen LogP contribution is -2.30. The van der Waals surface area contributed by atoms with Gasteiger partial charge < -0.3 is 19.1 Å². The second-order valence-corrected chi connectivity index (χ2v) is 11.7. The zero-order chi connectivity index (χ0) is 22.3. The lowest BCUT2D eigenvalue weighted by atomic mass is 9.73. The van der Waals surface area contributed by atoms with Crippen LogP contribution in [0.3, 0.4) is 0 Å². The highest BCUT2D eigenvalue weighted by Crippen LogP contribution is 2.40. The Morgan fingerprint density at radius 2 is 1.03 bits per heavy atom. The topological polar surface area (TPSA) is 19.0 Å². The molecule has 0 unspecified atom stereocenters. The molecule has 0 aromatic heterocycles. The zero-order valence-electron chi connectivity index (χ0n) is 21.6. The van der Waals surface area contributed by atoms with Gasteiger partial charge in [-0.1, -0.05) is 13.8 Å². The molecule has 0 aliphatic rings. The summed E-state index contributed by atoms with van der Waals surface area (Å²) < 4.78 is 6.47. The lowest BCUT2D eigenvalue weighted by Gasteiger charge is -2.36. The average molecular weight is 430 g/mol. The van der Waals surface area contributed by atoms with Crippen molar-refractivity contribution in [3.8, 4) is 0 Å². The molecule has 0 atom stereocenters. The van der Waals surface area contributed by atoms with Crippen LogP contribution in [0, 0.1) is 5.41 Å². The molecule has 0 aliphatic heterocycles.